The summed E-state index contributed by atoms with van der Waals surface area (Å²) in [5.74, 6) is -3.73. The summed E-state index contributed by atoms with van der Waals surface area (Å²) in [5, 5.41) is -0.0515. The largest absolute Gasteiger partial charge is 0.462 e. The highest BCUT2D eigenvalue weighted by molar-refractivity contribution is 6.07. The number of carbonyl (C=O) groups excluding carboxylic acids is 3. The van der Waals surface area contributed by atoms with Crippen LogP contribution in [0.25, 0.3) is 10.9 Å². The van der Waals surface area contributed by atoms with Gasteiger partial charge < -0.3 is 18.8 Å². The van der Waals surface area contributed by atoms with Gasteiger partial charge in [0.25, 0.3) is 0 Å². The third-order valence-electron chi connectivity index (χ3n) is 5.71. The van der Waals surface area contributed by atoms with Gasteiger partial charge in [0.1, 0.15) is 22.6 Å². The van der Waals surface area contributed by atoms with Gasteiger partial charge in [-0.15, -0.1) is 0 Å². The SMILES string of the molecule is CCOC(=O)c1cn(C2CC2)c2cc(C(C)(C(=O)OC(C)(C)C)C(=O)OC(C)(C)C)c(F)cc2c1=O. The van der Waals surface area contributed by atoms with Crippen LogP contribution in [0.2, 0.25) is 0 Å². The van der Waals surface area contributed by atoms with Crippen LogP contribution >= 0.6 is 0 Å². The van der Waals surface area contributed by atoms with E-state index in [1.807, 2.05) is 0 Å². The molecule has 1 fully saturated rings. The number of halogens is 1. The summed E-state index contributed by atoms with van der Waals surface area (Å²) in [7, 11) is 0. The Kier molecular flexibility index (Phi) is 7.09. The number of aromatic nitrogens is 1. The lowest BCUT2D eigenvalue weighted by Crippen LogP contribution is -2.48. The van der Waals surface area contributed by atoms with Crippen molar-refractivity contribution < 1.29 is 33.0 Å². The molecule has 1 saturated carbocycles. The second-order valence-corrected chi connectivity index (χ2v) is 11.2. The van der Waals surface area contributed by atoms with Gasteiger partial charge in [-0.1, -0.05) is 0 Å². The minimum atomic E-state index is -2.16. The first-order valence-corrected chi connectivity index (χ1v) is 12.0. The zero-order valence-corrected chi connectivity index (χ0v) is 22.1. The number of hydrogen-bond acceptors (Lipinski definition) is 7. The van der Waals surface area contributed by atoms with E-state index in [4.69, 9.17) is 14.2 Å². The van der Waals surface area contributed by atoms with Crippen LogP contribution in [0, 0.1) is 5.82 Å². The maximum atomic E-state index is 15.7. The molecule has 0 saturated heterocycles. The van der Waals surface area contributed by atoms with Crippen molar-refractivity contribution in [1.82, 2.24) is 4.57 Å². The molecule has 1 aromatic carbocycles. The van der Waals surface area contributed by atoms with E-state index >= 15 is 4.39 Å². The van der Waals surface area contributed by atoms with Gasteiger partial charge in [0.2, 0.25) is 5.43 Å². The minimum Gasteiger partial charge on any atom is -0.462 e. The Bertz CT molecular complexity index is 1250. The molecule has 0 bridgehead atoms. The van der Waals surface area contributed by atoms with Crippen LogP contribution in [0.1, 0.15) is 90.2 Å². The molecule has 1 heterocycles. The summed E-state index contributed by atoms with van der Waals surface area (Å²) in [5.41, 5.74) is -4.96. The number of rotatable bonds is 6. The zero-order chi connectivity index (χ0) is 27.2. The van der Waals surface area contributed by atoms with Crippen molar-refractivity contribution in [2.75, 3.05) is 6.61 Å². The normalized spacial score (nSPS) is 14.5. The molecule has 1 aliphatic rings. The fourth-order valence-electron chi connectivity index (χ4n) is 3.83. The summed E-state index contributed by atoms with van der Waals surface area (Å²) in [6, 6.07) is 2.25. The molecule has 1 aromatic heterocycles. The lowest BCUT2D eigenvalue weighted by Gasteiger charge is -2.33. The predicted molar refractivity (Wildman–Crippen MR) is 131 cm³/mol. The third-order valence-corrected chi connectivity index (χ3v) is 5.71. The highest BCUT2D eigenvalue weighted by atomic mass is 19.1. The molecule has 0 radical (unpaired) electrons. The van der Waals surface area contributed by atoms with Crippen LogP contribution in [0.5, 0.6) is 0 Å². The first kappa shape index (κ1) is 27.4. The Balaban J connectivity index is 2.31. The van der Waals surface area contributed by atoms with Crippen LogP contribution in [0.4, 0.5) is 4.39 Å². The van der Waals surface area contributed by atoms with Crippen LogP contribution in [0.3, 0.4) is 0 Å². The molecule has 1 aliphatic carbocycles. The lowest BCUT2D eigenvalue weighted by molar-refractivity contribution is -0.177. The summed E-state index contributed by atoms with van der Waals surface area (Å²) in [6.07, 6.45) is 2.99. The molecule has 9 heteroatoms. The molecule has 0 N–H and O–H groups in total. The van der Waals surface area contributed by atoms with E-state index in [2.05, 4.69) is 0 Å². The summed E-state index contributed by atoms with van der Waals surface area (Å²) in [6.45, 7) is 12.8. The van der Waals surface area contributed by atoms with Crippen LogP contribution in [-0.4, -0.2) is 40.3 Å². The van der Waals surface area contributed by atoms with Crippen molar-refractivity contribution in [3.05, 3.63) is 45.5 Å². The number of pyridine rings is 1. The van der Waals surface area contributed by atoms with Gasteiger partial charge in [0, 0.05) is 23.2 Å². The first-order chi connectivity index (χ1) is 16.5. The van der Waals surface area contributed by atoms with Gasteiger partial charge in [-0.3, -0.25) is 14.4 Å². The summed E-state index contributed by atoms with van der Waals surface area (Å²) < 4.78 is 33.5. The van der Waals surface area contributed by atoms with Crippen LogP contribution in [-0.2, 0) is 29.2 Å². The second kappa shape index (κ2) is 9.33. The Labute approximate surface area is 209 Å². The number of carbonyl (C=O) groups is 3. The van der Waals surface area contributed by atoms with Gasteiger partial charge in [-0.25, -0.2) is 9.18 Å². The fourth-order valence-corrected chi connectivity index (χ4v) is 3.83. The van der Waals surface area contributed by atoms with E-state index in [9.17, 15) is 19.2 Å². The van der Waals surface area contributed by atoms with Crippen molar-refractivity contribution in [2.24, 2.45) is 0 Å². The Morgan fingerprint density at radius 1 is 0.972 bits per heavy atom. The third kappa shape index (κ3) is 5.44. The highest BCUT2D eigenvalue weighted by Crippen LogP contribution is 2.39. The maximum absolute atomic E-state index is 15.7. The maximum Gasteiger partial charge on any atom is 0.343 e. The van der Waals surface area contributed by atoms with Crippen molar-refractivity contribution in [3.63, 3.8) is 0 Å². The van der Waals surface area contributed by atoms with Gasteiger partial charge in [0.15, 0.2) is 5.41 Å². The Hall–Kier alpha value is -3.23. The molecule has 0 aliphatic heterocycles. The predicted octanol–water partition coefficient (Wildman–Crippen LogP) is 4.59. The number of esters is 3. The van der Waals surface area contributed by atoms with Crippen molar-refractivity contribution in [2.45, 2.75) is 90.9 Å². The smallest absolute Gasteiger partial charge is 0.343 e. The number of hydrogen-bond donors (Lipinski definition) is 0. The molecular formula is C27H34FNO7. The van der Waals surface area contributed by atoms with Gasteiger partial charge in [-0.05, 0) is 80.4 Å². The Morgan fingerprint density at radius 3 is 1.94 bits per heavy atom. The van der Waals surface area contributed by atoms with Crippen molar-refractivity contribution >= 4 is 28.8 Å². The van der Waals surface area contributed by atoms with Gasteiger partial charge >= 0.3 is 17.9 Å². The molecule has 3 rings (SSSR count). The van der Waals surface area contributed by atoms with E-state index in [0.29, 0.717) is 5.52 Å². The molecule has 0 spiro atoms. The van der Waals surface area contributed by atoms with Gasteiger partial charge in [-0.2, -0.15) is 0 Å². The lowest BCUT2D eigenvalue weighted by atomic mass is 9.81. The van der Waals surface area contributed by atoms with E-state index < -0.39 is 45.8 Å². The van der Waals surface area contributed by atoms with Crippen molar-refractivity contribution in [1.29, 1.82) is 0 Å². The van der Waals surface area contributed by atoms with Crippen LogP contribution < -0.4 is 5.43 Å². The Morgan fingerprint density at radius 2 is 1.50 bits per heavy atom. The minimum absolute atomic E-state index is 0.0195. The number of ether oxygens (including phenoxy) is 3. The number of nitrogens with zero attached hydrogens (tertiary/aromatic N) is 1. The average molecular weight is 504 g/mol. The molecule has 0 unspecified atom stereocenters. The molecule has 196 valence electrons. The highest BCUT2D eigenvalue weighted by Gasteiger charge is 2.50. The van der Waals surface area contributed by atoms with E-state index in [1.54, 1.807) is 53.0 Å². The van der Waals surface area contributed by atoms with Crippen molar-refractivity contribution in [3.8, 4) is 0 Å². The fraction of sp³-hybridized carbons (Fsp3) is 0.556. The molecule has 2 aromatic rings. The van der Waals surface area contributed by atoms with E-state index in [1.165, 1.54) is 19.2 Å². The summed E-state index contributed by atoms with van der Waals surface area (Å²) >= 11 is 0. The van der Waals surface area contributed by atoms with Crippen LogP contribution in [0.15, 0.2) is 23.1 Å². The quantitative estimate of drug-likeness (QED) is 0.323. The molecule has 0 amide bonds. The topological polar surface area (TPSA) is 101 Å². The standard InChI is InChI=1S/C27H34FNO7/c1-9-34-22(31)17-14-29(15-10-11-15)20-13-18(19(28)12-16(20)21(17)30)27(8,23(32)35-25(2,3)4)24(33)36-26(5,6)7/h12-15H,9-11H2,1-8H3. The van der Waals surface area contributed by atoms with E-state index in [0.717, 1.165) is 18.9 Å². The monoisotopic (exact) mass is 503 g/mol. The van der Waals surface area contributed by atoms with Gasteiger partial charge in [0.05, 0.1) is 12.1 Å². The van der Waals surface area contributed by atoms with E-state index in [-0.39, 0.29) is 29.2 Å². The number of benzene rings is 1. The second-order valence-electron chi connectivity index (χ2n) is 11.2. The molecule has 8 nitrogen and oxygen atoms in total. The number of fused-ring (bicyclic) bond motifs is 1. The molecule has 36 heavy (non-hydrogen) atoms. The molecule has 0 atom stereocenters. The average Bonchev–Trinajstić information content (AvgIpc) is 3.56. The summed E-state index contributed by atoms with van der Waals surface area (Å²) in [4.78, 5) is 52.3. The zero-order valence-electron chi connectivity index (χ0n) is 22.1. The molecular weight excluding hydrogens is 469 g/mol. The first-order valence-electron chi connectivity index (χ1n) is 12.0.